The Balaban J connectivity index is 2.16. The Morgan fingerprint density at radius 1 is 1.60 bits per heavy atom. The number of piperidine rings is 1. The quantitative estimate of drug-likeness (QED) is 0.663. The van der Waals surface area contributed by atoms with Gasteiger partial charge in [-0.05, 0) is 25.7 Å². The number of likely N-dealkylation sites (tertiary alicyclic amines) is 1. The van der Waals surface area contributed by atoms with Gasteiger partial charge in [0.2, 0.25) is 0 Å². The van der Waals surface area contributed by atoms with Crippen molar-refractivity contribution in [1.29, 1.82) is 0 Å². The minimum atomic E-state index is -0.488. The third-order valence-corrected chi connectivity index (χ3v) is 3.91. The summed E-state index contributed by atoms with van der Waals surface area (Å²) < 4.78 is 1.51. The van der Waals surface area contributed by atoms with Crippen LogP contribution in [0, 0.1) is 16.0 Å². The zero-order valence-corrected chi connectivity index (χ0v) is 11.8. The van der Waals surface area contributed by atoms with Crippen LogP contribution in [0.4, 0.5) is 5.69 Å². The van der Waals surface area contributed by atoms with Gasteiger partial charge in [-0.25, -0.2) is 0 Å². The zero-order valence-electron chi connectivity index (χ0n) is 11.8. The molecule has 0 saturated carbocycles. The molecule has 1 fully saturated rings. The second-order valence-electron chi connectivity index (χ2n) is 5.46. The Bertz CT molecular complexity index is 524. The number of hydrogen-bond donors (Lipinski definition) is 1. The fourth-order valence-corrected chi connectivity index (χ4v) is 2.65. The molecule has 1 saturated heterocycles. The number of hydrogen-bond acceptors (Lipinski definition) is 4. The molecule has 0 aromatic carbocycles. The smallest absolute Gasteiger partial charge is 0.287 e. The molecule has 1 aromatic heterocycles. The molecule has 7 nitrogen and oxygen atoms in total. The second kappa shape index (κ2) is 5.62. The van der Waals surface area contributed by atoms with Gasteiger partial charge in [0.25, 0.3) is 11.6 Å². The van der Waals surface area contributed by atoms with E-state index in [9.17, 15) is 14.9 Å². The maximum atomic E-state index is 12.5. The standard InChI is InChI=1S/C13H20N4O3/c1-9(14)10-4-3-5-16(7-10)13(18)12-6-11(17(19)20)8-15(12)2/h6,8-10H,3-5,7,14H2,1-2H3. The summed E-state index contributed by atoms with van der Waals surface area (Å²) >= 11 is 0. The predicted molar refractivity (Wildman–Crippen MR) is 74.3 cm³/mol. The number of aryl methyl sites for hydroxylation is 1. The number of nitrogens with zero attached hydrogens (tertiary/aromatic N) is 3. The van der Waals surface area contributed by atoms with Crippen LogP contribution in [0.2, 0.25) is 0 Å². The summed E-state index contributed by atoms with van der Waals surface area (Å²) in [6.45, 7) is 3.25. The molecule has 2 N–H and O–H groups in total. The normalized spacial score (nSPS) is 20.8. The average Bonchev–Trinajstić information content (AvgIpc) is 2.80. The number of carbonyl (C=O) groups excluding carboxylic acids is 1. The van der Waals surface area contributed by atoms with Gasteiger partial charge < -0.3 is 15.2 Å². The Morgan fingerprint density at radius 2 is 2.30 bits per heavy atom. The Hall–Kier alpha value is -1.89. The fourth-order valence-electron chi connectivity index (χ4n) is 2.65. The summed E-state index contributed by atoms with van der Waals surface area (Å²) in [5, 5.41) is 10.8. The van der Waals surface area contributed by atoms with Crippen molar-refractivity contribution in [1.82, 2.24) is 9.47 Å². The first-order valence-electron chi connectivity index (χ1n) is 6.75. The maximum Gasteiger partial charge on any atom is 0.287 e. The average molecular weight is 280 g/mol. The van der Waals surface area contributed by atoms with Crippen LogP contribution in [0.25, 0.3) is 0 Å². The lowest BCUT2D eigenvalue weighted by atomic mass is 9.92. The van der Waals surface area contributed by atoms with Gasteiger partial charge in [-0.2, -0.15) is 0 Å². The van der Waals surface area contributed by atoms with Crippen molar-refractivity contribution in [3.05, 3.63) is 28.1 Å². The van der Waals surface area contributed by atoms with Gasteiger partial charge in [0.05, 0.1) is 11.1 Å². The van der Waals surface area contributed by atoms with Gasteiger partial charge in [0.1, 0.15) is 5.69 Å². The van der Waals surface area contributed by atoms with E-state index in [0.717, 1.165) is 12.8 Å². The molecule has 0 bridgehead atoms. The number of nitrogens with two attached hydrogens (primary N) is 1. The van der Waals surface area contributed by atoms with Gasteiger partial charge in [-0.1, -0.05) is 0 Å². The minimum absolute atomic E-state index is 0.0494. The lowest BCUT2D eigenvalue weighted by molar-refractivity contribution is -0.384. The zero-order chi connectivity index (χ0) is 14.9. The summed E-state index contributed by atoms with van der Waals surface area (Å²) in [5.74, 6) is 0.133. The molecule has 0 radical (unpaired) electrons. The van der Waals surface area contributed by atoms with E-state index in [2.05, 4.69) is 0 Å². The van der Waals surface area contributed by atoms with Gasteiger partial charge in [-0.15, -0.1) is 0 Å². The summed E-state index contributed by atoms with van der Waals surface area (Å²) in [5.41, 5.74) is 6.20. The van der Waals surface area contributed by atoms with E-state index in [-0.39, 0.29) is 17.6 Å². The molecule has 2 atom stereocenters. The summed E-state index contributed by atoms with van der Waals surface area (Å²) in [6, 6.07) is 1.38. The summed E-state index contributed by atoms with van der Waals surface area (Å²) in [7, 11) is 1.65. The molecule has 2 rings (SSSR count). The first kappa shape index (κ1) is 14.5. The first-order chi connectivity index (χ1) is 9.40. The van der Waals surface area contributed by atoms with E-state index in [1.54, 1.807) is 11.9 Å². The number of nitro groups is 1. The number of rotatable bonds is 3. The van der Waals surface area contributed by atoms with Crippen molar-refractivity contribution < 1.29 is 9.72 Å². The molecule has 1 aliphatic heterocycles. The first-order valence-corrected chi connectivity index (χ1v) is 6.75. The molecule has 2 unspecified atom stereocenters. The molecule has 0 aliphatic carbocycles. The predicted octanol–water partition coefficient (Wildman–Crippen LogP) is 1.13. The van der Waals surface area contributed by atoms with Crippen molar-refractivity contribution in [2.24, 2.45) is 18.7 Å². The van der Waals surface area contributed by atoms with E-state index in [1.165, 1.54) is 16.8 Å². The molecule has 1 aliphatic rings. The van der Waals surface area contributed by atoms with Crippen molar-refractivity contribution in [2.45, 2.75) is 25.8 Å². The number of amides is 1. The molecule has 0 spiro atoms. The van der Waals surface area contributed by atoms with E-state index in [0.29, 0.717) is 24.7 Å². The van der Waals surface area contributed by atoms with Crippen LogP contribution in [0.15, 0.2) is 12.3 Å². The molecule has 7 heteroatoms. The van der Waals surface area contributed by atoms with E-state index >= 15 is 0 Å². The van der Waals surface area contributed by atoms with Crippen LogP contribution in [0.1, 0.15) is 30.3 Å². The van der Waals surface area contributed by atoms with Crippen LogP contribution in [-0.2, 0) is 7.05 Å². The Morgan fingerprint density at radius 3 is 2.85 bits per heavy atom. The van der Waals surface area contributed by atoms with Crippen molar-refractivity contribution in [3.63, 3.8) is 0 Å². The highest BCUT2D eigenvalue weighted by atomic mass is 16.6. The van der Waals surface area contributed by atoms with Crippen LogP contribution in [-0.4, -0.2) is 39.4 Å². The molecule has 1 aromatic rings. The third kappa shape index (κ3) is 2.82. The van der Waals surface area contributed by atoms with E-state index in [1.807, 2.05) is 6.92 Å². The van der Waals surface area contributed by atoms with Crippen LogP contribution >= 0.6 is 0 Å². The highest BCUT2D eigenvalue weighted by Crippen LogP contribution is 2.22. The number of aromatic nitrogens is 1. The van der Waals surface area contributed by atoms with Gasteiger partial charge >= 0.3 is 0 Å². The number of carbonyl (C=O) groups is 1. The van der Waals surface area contributed by atoms with Crippen LogP contribution in [0.3, 0.4) is 0 Å². The second-order valence-corrected chi connectivity index (χ2v) is 5.46. The largest absolute Gasteiger partial charge is 0.340 e. The lowest BCUT2D eigenvalue weighted by Gasteiger charge is -2.34. The Labute approximate surface area is 117 Å². The van der Waals surface area contributed by atoms with Crippen LogP contribution < -0.4 is 5.73 Å². The van der Waals surface area contributed by atoms with E-state index < -0.39 is 4.92 Å². The molecular formula is C13H20N4O3. The topological polar surface area (TPSA) is 94.4 Å². The fraction of sp³-hybridized carbons (Fsp3) is 0.615. The Kier molecular flexibility index (Phi) is 4.08. The van der Waals surface area contributed by atoms with Gasteiger partial charge in [0.15, 0.2) is 0 Å². The SMILES string of the molecule is CC(N)C1CCCN(C(=O)c2cc([N+](=O)[O-])cn2C)C1. The molecule has 1 amide bonds. The molecule has 2 heterocycles. The van der Waals surface area contributed by atoms with Crippen molar-refractivity contribution >= 4 is 11.6 Å². The van der Waals surface area contributed by atoms with Gasteiger partial charge in [-0.3, -0.25) is 14.9 Å². The highest BCUT2D eigenvalue weighted by Gasteiger charge is 2.28. The van der Waals surface area contributed by atoms with Gasteiger partial charge in [0, 0.05) is 32.2 Å². The molecule has 110 valence electrons. The third-order valence-electron chi connectivity index (χ3n) is 3.91. The van der Waals surface area contributed by atoms with Crippen LogP contribution in [0.5, 0.6) is 0 Å². The lowest BCUT2D eigenvalue weighted by Crippen LogP contribution is -2.45. The summed E-state index contributed by atoms with van der Waals surface area (Å²) in [6.07, 6.45) is 3.30. The van der Waals surface area contributed by atoms with Crippen molar-refractivity contribution in [2.75, 3.05) is 13.1 Å². The minimum Gasteiger partial charge on any atom is -0.340 e. The van der Waals surface area contributed by atoms with E-state index in [4.69, 9.17) is 5.73 Å². The molecule has 20 heavy (non-hydrogen) atoms. The highest BCUT2D eigenvalue weighted by molar-refractivity contribution is 5.93. The monoisotopic (exact) mass is 280 g/mol. The summed E-state index contributed by atoms with van der Waals surface area (Å²) in [4.78, 5) is 24.5. The molecular weight excluding hydrogens is 260 g/mol. The maximum absolute atomic E-state index is 12.5. The van der Waals surface area contributed by atoms with Crippen molar-refractivity contribution in [3.8, 4) is 0 Å².